The van der Waals surface area contributed by atoms with E-state index in [9.17, 15) is 4.79 Å². The Morgan fingerprint density at radius 3 is 2.17 bits per heavy atom. The van der Waals surface area contributed by atoms with Gasteiger partial charge in [0.2, 0.25) is 0 Å². The molecule has 0 aliphatic heterocycles. The predicted octanol–water partition coefficient (Wildman–Crippen LogP) is 3.32. The molecule has 0 amide bonds. The fraction of sp³-hybridized carbons (Fsp3) is 0.200. The second-order valence-electron chi connectivity index (χ2n) is 5.70. The first-order valence-electron chi connectivity index (χ1n) is 8.16. The quantitative estimate of drug-likeness (QED) is 0.699. The normalized spacial score (nSPS) is 10.5. The molecule has 2 aromatic carbocycles. The molecule has 0 fully saturated rings. The maximum atomic E-state index is 12.4. The number of anilines is 1. The van der Waals surface area contributed by atoms with Crippen LogP contribution in [0.25, 0.3) is 0 Å². The fourth-order valence-electron chi connectivity index (χ4n) is 2.66. The van der Waals surface area contributed by atoms with Crippen LogP contribution in [-0.4, -0.2) is 16.3 Å². The summed E-state index contributed by atoms with van der Waals surface area (Å²) < 4.78 is 1.50. The molecule has 4 nitrogen and oxygen atoms in total. The number of hydrogen-bond acceptors (Lipinski definition) is 3. The minimum Gasteiger partial charge on any atom is -0.366 e. The number of rotatable bonds is 6. The molecule has 0 saturated carbocycles. The van der Waals surface area contributed by atoms with Crippen molar-refractivity contribution in [2.75, 3.05) is 11.4 Å². The molecule has 0 unspecified atom stereocenters. The molecule has 0 N–H and O–H groups in total. The molecule has 0 saturated heterocycles. The van der Waals surface area contributed by atoms with Gasteiger partial charge in [-0.3, -0.25) is 4.79 Å². The van der Waals surface area contributed by atoms with E-state index in [1.54, 1.807) is 12.3 Å². The Labute approximate surface area is 142 Å². The first-order valence-corrected chi connectivity index (χ1v) is 8.16. The molecule has 1 aromatic heterocycles. The van der Waals surface area contributed by atoms with E-state index in [-0.39, 0.29) is 5.56 Å². The van der Waals surface area contributed by atoms with Gasteiger partial charge in [-0.1, -0.05) is 60.7 Å². The Kier molecular flexibility index (Phi) is 5.06. The van der Waals surface area contributed by atoms with Crippen molar-refractivity contribution >= 4 is 5.69 Å². The maximum absolute atomic E-state index is 12.4. The van der Waals surface area contributed by atoms with Crippen LogP contribution in [0, 0.1) is 0 Å². The van der Waals surface area contributed by atoms with Crippen LogP contribution in [0.1, 0.15) is 18.1 Å². The zero-order valence-corrected chi connectivity index (χ0v) is 13.8. The lowest BCUT2D eigenvalue weighted by Gasteiger charge is -2.23. The monoisotopic (exact) mass is 319 g/mol. The largest absolute Gasteiger partial charge is 0.366 e. The number of aromatic nitrogens is 2. The van der Waals surface area contributed by atoms with Gasteiger partial charge in [-0.25, -0.2) is 4.68 Å². The van der Waals surface area contributed by atoms with Gasteiger partial charge in [0.15, 0.2) is 0 Å². The predicted molar refractivity (Wildman–Crippen MR) is 97.2 cm³/mol. The first-order chi connectivity index (χ1) is 11.8. The SMILES string of the molecule is CCN(Cc1ccccc1)c1cnn(Cc2ccccc2)c(=O)c1. The summed E-state index contributed by atoms with van der Waals surface area (Å²) in [6.07, 6.45) is 1.77. The molecular weight excluding hydrogens is 298 g/mol. The molecular formula is C20H21N3O. The van der Waals surface area contributed by atoms with Crippen LogP contribution in [0.15, 0.2) is 77.7 Å². The lowest BCUT2D eigenvalue weighted by molar-refractivity contribution is 0.635. The summed E-state index contributed by atoms with van der Waals surface area (Å²) in [5.74, 6) is 0. The van der Waals surface area contributed by atoms with Crippen molar-refractivity contribution in [1.29, 1.82) is 0 Å². The first kappa shape index (κ1) is 16.0. The Morgan fingerprint density at radius 2 is 1.58 bits per heavy atom. The lowest BCUT2D eigenvalue weighted by atomic mass is 10.2. The topological polar surface area (TPSA) is 38.1 Å². The summed E-state index contributed by atoms with van der Waals surface area (Å²) >= 11 is 0. The van der Waals surface area contributed by atoms with Crippen LogP contribution in [0.2, 0.25) is 0 Å². The molecule has 24 heavy (non-hydrogen) atoms. The average molecular weight is 319 g/mol. The van der Waals surface area contributed by atoms with Crippen molar-refractivity contribution in [2.24, 2.45) is 0 Å². The summed E-state index contributed by atoms with van der Waals surface area (Å²) in [6, 6.07) is 21.8. The van der Waals surface area contributed by atoms with Gasteiger partial charge in [-0.15, -0.1) is 0 Å². The Balaban J connectivity index is 1.79. The number of nitrogens with zero attached hydrogens (tertiary/aromatic N) is 3. The molecule has 0 bridgehead atoms. The van der Waals surface area contributed by atoms with Crippen molar-refractivity contribution in [1.82, 2.24) is 9.78 Å². The second kappa shape index (κ2) is 7.59. The molecule has 0 radical (unpaired) electrons. The van der Waals surface area contributed by atoms with Crippen LogP contribution < -0.4 is 10.5 Å². The highest BCUT2D eigenvalue weighted by molar-refractivity contribution is 5.43. The highest BCUT2D eigenvalue weighted by Gasteiger charge is 2.08. The van der Waals surface area contributed by atoms with Gasteiger partial charge in [-0.05, 0) is 18.1 Å². The zero-order chi connectivity index (χ0) is 16.8. The second-order valence-corrected chi connectivity index (χ2v) is 5.70. The van der Waals surface area contributed by atoms with E-state index in [1.807, 2.05) is 48.5 Å². The Bertz CT molecular complexity index is 828. The van der Waals surface area contributed by atoms with E-state index in [4.69, 9.17) is 0 Å². The van der Waals surface area contributed by atoms with E-state index in [2.05, 4.69) is 29.1 Å². The van der Waals surface area contributed by atoms with Crippen LogP contribution in [-0.2, 0) is 13.1 Å². The van der Waals surface area contributed by atoms with Gasteiger partial charge >= 0.3 is 0 Å². The molecule has 3 rings (SSSR count). The van der Waals surface area contributed by atoms with Crippen molar-refractivity contribution in [3.63, 3.8) is 0 Å². The minimum atomic E-state index is -0.0807. The lowest BCUT2D eigenvalue weighted by Crippen LogP contribution is -2.28. The van der Waals surface area contributed by atoms with E-state index in [0.717, 1.165) is 24.3 Å². The van der Waals surface area contributed by atoms with Crippen LogP contribution in [0.3, 0.4) is 0 Å². The summed E-state index contributed by atoms with van der Waals surface area (Å²) in [5, 5.41) is 4.35. The van der Waals surface area contributed by atoms with Gasteiger partial charge < -0.3 is 4.90 Å². The summed E-state index contributed by atoms with van der Waals surface area (Å²) in [4.78, 5) is 14.5. The van der Waals surface area contributed by atoms with Crippen molar-refractivity contribution in [2.45, 2.75) is 20.0 Å². The van der Waals surface area contributed by atoms with Gasteiger partial charge in [0, 0.05) is 19.2 Å². The van der Waals surface area contributed by atoms with Crippen LogP contribution in [0.5, 0.6) is 0 Å². The van der Waals surface area contributed by atoms with Gasteiger partial charge in [-0.2, -0.15) is 5.10 Å². The summed E-state index contributed by atoms with van der Waals surface area (Å²) in [5.41, 5.74) is 3.06. The van der Waals surface area contributed by atoms with Crippen LogP contribution >= 0.6 is 0 Å². The van der Waals surface area contributed by atoms with Gasteiger partial charge in [0.25, 0.3) is 5.56 Å². The third kappa shape index (κ3) is 3.90. The molecule has 122 valence electrons. The molecule has 4 heteroatoms. The van der Waals surface area contributed by atoms with Crippen molar-refractivity contribution in [3.05, 3.63) is 94.4 Å². The standard InChI is InChI=1S/C20H21N3O/c1-2-22(15-17-9-5-3-6-10-17)19-13-20(24)23(21-14-19)16-18-11-7-4-8-12-18/h3-14H,2,15-16H2,1H3. The molecule has 1 heterocycles. The molecule has 3 aromatic rings. The van der Waals surface area contributed by atoms with E-state index in [0.29, 0.717) is 6.54 Å². The molecule has 0 aliphatic carbocycles. The summed E-state index contributed by atoms with van der Waals surface area (Å²) in [7, 11) is 0. The van der Waals surface area contributed by atoms with Gasteiger partial charge in [0.1, 0.15) is 0 Å². The van der Waals surface area contributed by atoms with Crippen molar-refractivity contribution in [3.8, 4) is 0 Å². The zero-order valence-electron chi connectivity index (χ0n) is 13.8. The van der Waals surface area contributed by atoms with E-state index >= 15 is 0 Å². The Morgan fingerprint density at radius 1 is 0.958 bits per heavy atom. The number of benzene rings is 2. The minimum absolute atomic E-state index is 0.0807. The van der Waals surface area contributed by atoms with Gasteiger partial charge in [0.05, 0.1) is 18.4 Å². The highest BCUT2D eigenvalue weighted by atomic mass is 16.1. The van der Waals surface area contributed by atoms with Crippen LogP contribution in [0.4, 0.5) is 5.69 Å². The molecule has 0 atom stereocenters. The average Bonchev–Trinajstić information content (AvgIpc) is 2.63. The summed E-state index contributed by atoms with van der Waals surface area (Å²) in [6.45, 7) is 4.16. The Hall–Kier alpha value is -2.88. The van der Waals surface area contributed by atoms with Crippen molar-refractivity contribution < 1.29 is 0 Å². The highest BCUT2D eigenvalue weighted by Crippen LogP contribution is 2.14. The third-order valence-corrected chi connectivity index (χ3v) is 3.99. The molecule has 0 aliphatic rings. The fourth-order valence-corrected chi connectivity index (χ4v) is 2.66. The van der Waals surface area contributed by atoms with E-state index in [1.165, 1.54) is 10.2 Å². The van der Waals surface area contributed by atoms with E-state index < -0.39 is 0 Å². The number of hydrogen-bond donors (Lipinski definition) is 0. The molecule has 0 spiro atoms. The smallest absolute Gasteiger partial charge is 0.269 e. The third-order valence-electron chi connectivity index (χ3n) is 3.99. The maximum Gasteiger partial charge on any atom is 0.269 e.